The predicted molar refractivity (Wildman–Crippen MR) is 110 cm³/mol. The molecule has 1 aromatic heterocycles. The molecule has 0 aliphatic rings. The third-order valence-corrected chi connectivity index (χ3v) is 4.87. The fourth-order valence-corrected chi connectivity index (χ4v) is 3.69. The molecule has 0 aliphatic carbocycles. The zero-order valence-corrected chi connectivity index (χ0v) is 17.2. The van der Waals surface area contributed by atoms with Crippen molar-refractivity contribution in [3.8, 4) is 5.75 Å². The molecular weight excluding hydrogens is 485 g/mol. The molecule has 0 saturated heterocycles. The van der Waals surface area contributed by atoms with Gasteiger partial charge in [0.25, 0.3) is 5.91 Å². The molecule has 0 spiro atoms. The zero-order chi connectivity index (χ0) is 18.5. The Morgan fingerprint density at radius 3 is 2.77 bits per heavy atom. The summed E-state index contributed by atoms with van der Waals surface area (Å²) < 4.78 is 7.24. The SMILES string of the molecule is O=C(COc1c(Br)cc(Br)c2cccnc12)N/N=C/c1ccc(Cl)cc1. The first-order chi connectivity index (χ1) is 12.5. The Kier molecular flexibility index (Phi) is 6.24. The number of nitrogens with one attached hydrogen (secondary N) is 1. The Morgan fingerprint density at radius 1 is 1.23 bits per heavy atom. The normalized spacial score (nSPS) is 11.0. The lowest BCUT2D eigenvalue weighted by Gasteiger charge is -2.11. The number of hydrogen-bond donors (Lipinski definition) is 1. The Labute approximate surface area is 171 Å². The van der Waals surface area contributed by atoms with Crippen molar-refractivity contribution in [2.75, 3.05) is 6.61 Å². The summed E-state index contributed by atoms with van der Waals surface area (Å²) >= 11 is 12.7. The second kappa shape index (κ2) is 8.62. The number of fused-ring (bicyclic) bond motifs is 1. The average Bonchev–Trinajstić information content (AvgIpc) is 2.63. The van der Waals surface area contributed by atoms with Crippen molar-refractivity contribution in [1.29, 1.82) is 0 Å². The molecule has 5 nitrogen and oxygen atoms in total. The van der Waals surface area contributed by atoms with Crippen LogP contribution in [0.2, 0.25) is 5.02 Å². The number of rotatable bonds is 5. The van der Waals surface area contributed by atoms with Crippen LogP contribution in [0.4, 0.5) is 0 Å². The van der Waals surface area contributed by atoms with E-state index in [-0.39, 0.29) is 12.5 Å². The largest absolute Gasteiger partial charge is 0.480 e. The van der Waals surface area contributed by atoms with E-state index >= 15 is 0 Å². The molecule has 0 radical (unpaired) electrons. The Balaban J connectivity index is 1.65. The van der Waals surface area contributed by atoms with Crippen molar-refractivity contribution in [1.82, 2.24) is 10.4 Å². The summed E-state index contributed by atoms with van der Waals surface area (Å²) in [7, 11) is 0. The first-order valence-corrected chi connectivity index (χ1v) is 9.44. The molecule has 3 aromatic rings. The van der Waals surface area contributed by atoms with E-state index < -0.39 is 0 Å². The van der Waals surface area contributed by atoms with E-state index in [1.807, 2.05) is 18.2 Å². The minimum absolute atomic E-state index is 0.191. The summed E-state index contributed by atoms with van der Waals surface area (Å²) in [6.45, 7) is -0.191. The number of hydrogen-bond acceptors (Lipinski definition) is 4. The number of hydrazone groups is 1. The number of pyridine rings is 1. The molecule has 0 unspecified atom stereocenters. The maximum Gasteiger partial charge on any atom is 0.277 e. The highest BCUT2D eigenvalue weighted by molar-refractivity contribution is 9.11. The van der Waals surface area contributed by atoms with Crippen molar-refractivity contribution in [2.45, 2.75) is 0 Å². The van der Waals surface area contributed by atoms with Gasteiger partial charge in [0.15, 0.2) is 12.4 Å². The van der Waals surface area contributed by atoms with Crippen molar-refractivity contribution >= 4 is 66.5 Å². The Bertz CT molecular complexity index is 978. The molecule has 0 saturated carbocycles. The van der Waals surface area contributed by atoms with E-state index in [1.165, 1.54) is 6.21 Å². The van der Waals surface area contributed by atoms with E-state index in [2.05, 4.69) is 47.4 Å². The van der Waals surface area contributed by atoms with E-state index in [0.29, 0.717) is 20.8 Å². The van der Waals surface area contributed by atoms with Gasteiger partial charge in [0.1, 0.15) is 5.52 Å². The molecule has 8 heteroatoms. The van der Waals surface area contributed by atoms with Gasteiger partial charge in [-0.25, -0.2) is 5.43 Å². The van der Waals surface area contributed by atoms with Crippen molar-refractivity contribution in [2.24, 2.45) is 5.10 Å². The molecule has 132 valence electrons. The van der Waals surface area contributed by atoms with Crippen molar-refractivity contribution in [3.05, 3.63) is 68.2 Å². The minimum atomic E-state index is -0.380. The Hall–Kier alpha value is -1.96. The van der Waals surface area contributed by atoms with Crippen LogP contribution in [0.1, 0.15) is 5.56 Å². The third kappa shape index (κ3) is 4.60. The number of halogens is 3. The molecule has 3 rings (SSSR count). The van der Waals surface area contributed by atoms with Gasteiger partial charge in [0.05, 0.1) is 10.7 Å². The molecule has 1 heterocycles. The quantitative estimate of drug-likeness (QED) is 0.401. The van der Waals surface area contributed by atoms with Crippen LogP contribution in [0.25, 0.3) is 10.9 Å². The summed E-state index contributed by atoms with van der Waals surface area (Å²) in [4.78, 5) is 16.3. The van der Waals surface area contributed by atoms with Gasteiger partial charge in [-0.3, -0.25) is 9.78 Å². The van der Waals surface area contributed by atoms with E-state index in [4.69, 9.17) is 16.3 Å². The minimum Gasteiger partial charge on any atom is -0.480 e. The number of amides is 1. The standard InChI is InChI=1S/C18H12Br2ClN3O2/c19-14-8-15(20)18(17-13(14)2-1-7-22-17)26-10-16(25)24-23-9-11-3-5-12(21)6-4-11/h1-9H,10H2,(H,24,25)/b23-9+. The first kappa shape index (κ1) is 18.8. The van der Waals surface area contributed by atoms with Crippen LogP contribution in [-0.2, 0) is 4.79 Å². The summed E-state index contributed by atoms with van der Waals surface area (Å²) in [5, 5.41) is 5.43. The summed E-state index contributed by atoms with van der Waals surface area (Å²) in [5.41, 5.74) is 3.90. The number of ether oxygens (including phenoxy) is 1. The van der Waals surface area contributed by atoms with Crippen LogP contribution in [0.5, 0.6) is 5.75 Å². The van der Waals surface area contributed by atoms with Crippen LogP contribution in [-0.4, -0.2) is 23.7 Å². The molecule has 1 amide bonds. The lowest BCUT2D eigenvalue weighted by Crippen LogP contribution is -2.24. The summed E-state index contributed by atoms with van der Waals surface area (Å²) in [5.74, 6) is 0.120. The second-order valence-corrected chi connectivity index (χ2v) is 7.35. The van der Waals surface area contributed by atoms with Gasteiger partial charge in [0.2, 0.25) is 0 Å². The highest BCUT2D eigenvalue weighted by Crippen LogP contribution is 2.37. The monoisotopic (exact) mass is 495 g/mol. The van der Waals surface area contributed by atoms with Gasteiger partial charge in [-0.05, 0) is 45.8 Å². The van der Waals surface area contributed by atoms with Gasteiger partial charge in [0, 0.05) is 21.1 Å². The lowest BCUT2D eigenvalue weighted by molar-refractivity contribution is -0.123. The second-order valence-electron chi connectivity index (χ2n) is 5.20. The zero-order valence-electron chi connectivity index (χ0n) is 13.2. The molecular formula is C18H12Br2ClN3O2. The molecule has 0 fully saturated rings. The van der Waals surface area contributed by atoms with E-state index in [0.717, 1.165) is 15.4 Å². The molecule has 0 aliphatic heterocycles. The fourth-order valence-electron chi connectivity index (χ4n) is 2.18. The van der Waals surface area contributed by atoms with Crippen molar-refractivity contribution in [3.63, 3.8) is 0 Å². The van der Waals surface area contributed by atoms with E-state index in [1.54, 1.807) is 30.5 Å². The number of nitrogens with zero attached hydrogens (tertiary/aromatic N) is 2. The van der Waals surface area contributed by atoms with Gasteiger partial charge in [-0.2, -0.15) is 5.10 Å². The lowest BCUT2D eigenvalue weighted by atomic mass is 10.2. The third-order valence-electron chi connectivity index (χ3n) is 3.37. The molecule has 0 atom stereocenters. The van der Waals surface area contributed by atoms with Crippen LogP contribution in [0.15, 0.2) is 62.7 Å². The molecule has 26 heavy (non-hydrogen) atoms. The maximum atomic E-state index is 12.0. The van der Waals surface area contributed by atoms with Crippen LogP contribution in [0.3, 0.4) is 0 Å². The first-order valence-electron chi connectivity index (χ1n) is 7.47. The smallest absolute Gasteiger partial charge is 0.277 e. The summed E-state index contributed by atoms with van der Waals surface area (Å²) in [6, 6.07) is 12.7. The average molecular weight is 498 g/mol. The van der Waals surface area contributed by atoms with Crippen LogP contribution in [0, 0.1) is 0 Å². The highest BCUT2D eigenvalue weighted by atomic mass is 79.9. The van der Waals surface area contributed by atoms with Gasteiger partial charge in [-0.1, -0.05) is 45.7 Å². The van der Waals surface area contributed by atoms with E-state index in [9.17, 15) is 4.79 Å². The number of carbonyl (C=O) groups is 1. The number of benzene rings is 2. The molecule has 1 N–H and O–H groups in total. The van der Waals surface area contributed by atoms with Crippen molar-refractivity contribution < 1.29 is 9.53 Å². The predicted octanol–water partition coefficient (Wildman–Crippen LogP) is 4.94. The van der Waals surface area contributed by atoms with Crippen LogP contribution < -0.4 is 10.2 Å². The molecule has 2 aromatic carbocycles. The van der Waals surface area contributed by atoms with Gasteiger partial charge >= 0.3 is 0 Å². The maximum absolute atomic E-state index is 12.0. The van der Waals surface area contributed by atoms with Gasteiger partial charge < -0.3 is 4.74 Å². The molecule has 0 bridgehead atoms. The fraction of sp³-hybridized carbons (Fsp3) is 0.0556. The topological polar surface area (TPSA) is 63.6 Å². The summed E-state index contributed by atoms with van der Waals surface area (Å²) in [6.07, 6.45) is 3.20. The van der Waals surface area contributed by atoms with Crippen LogP contribution >= 0.6 is 43.5 Å². The van der Waals surface area contributed by atoms with Gasteiger partial charge in [-0.15, -0.1) is 0 Å². The number of carbonyl (C=O) groups excluding carboxylic acids is 1. The Morgan fingerprint density at radius 2 is 2.00 bits per heavy atom. The highest BCUT2D eigenvalue weighted by Gasteiger charge is 2.13. The number of aromatic nitrogens is 1.